The van der Waals surface area contributed by atoms with Gasteiger partial charge < -0.3 is 5.73 Å². The van der Waals surface area contributed by atoms with Gasteiger partial charge in [-0.25, -0.2) is 5.11 Å². The molecule has 1 aromatic rings. The van der Waals surface area contributed by atoms with E-state index >= 15 is 0 Å². The first-order valence-electron chi connectivity index (χ1n) is 4.21. The van der Waals surface area contributed by atoms with Gasteiger partial charge >= 0.3 is 0 Å². The average Bonchev–Trinajstić information content (AvgIpc) is 2.15. The summed E-state index contributed by atoms with van der Waals surface area (Å²) < 4.78 is 0. The van der Waals surface area contributed by atoms with Gasteiger partial charge in [-0.1, -0.05) is 30.3 Å². The van der Waals surface area contributed by atoms with Gasteiger partial charge in [-0.3, -0.25) is 0 Å². The first-order chi connectivity index (χ1) is 5.88. The fourth-order valence-corrected chi connectivity index (χ4v) is 1.29. The lowest BCUT2D eigenvalue weighted by Crippen LogP contribution is -2.13. The molecule has 1 rings (SSSR count). The summed E-state index contributed by atoms with van der Waals surface area (Å²) in [6.07, 6.45) is 0.639. The summed E-state index contributed by atoms with van der Waals surface area (Å²) in [7, 11) is 0. The summed E-state index contributed by atoms with van der Waals surface area (Å²) >= 11 is 0. The topological polar surface area (TPSA) is 45.9 Å². The molecule has 0 spiro atoms. The summed E-state index contributed by atoms with van der Waals surface area (Å²) in [5, 5.41) is 10.4. The first-order valence-corrected chi connectivity index (χ1v) is 4.21. The molecular weight excluding hydrogens is 150 g/mol. The van der Waals surface area contributed by atoms with Gasteiger partial charge in [-0.2, -0.15) is 0 Å². The van der Waals surface area contributed by atoms with Crippen LogP contribution in [0.4, 0.5) is 0 Å². The third-order valence-corrected chi connectivity index (χ3v) is 2.02. The monoisotopic (exact) mass is 164 g/mol. The van der Waals surface area contributed by atoms with Crippen LogP contribution in [0.1, 0.15) is 17.9 Å². The second kappa shape index (κ2) is 4.91. The van der Waals surface area contributed by atoms with Crippen molar-refractivity contribution >= 4 is 0 Å². The Morgan fingerprint density at radius 2 is 1.92 bits per heavy atom. The molecule has 0 heterocycles. The number of rotatable bonds is 4. The summed E-state index contributed by atoms with van der Waals surface area (Å²) in [6, 6.07) is 9.96. The molecule has 0 fully saturated rings. The Morgan fingerprint density at radius 3 is 2.42 bits per heavy atom. The molecule has 0 bridgehead atoms. The Bertz CT molecular complexity index is 210. The lowest BCUT2D eigenvalue weighted by molar-refractivity contribution is 0.182. The average molecular weight is 164 g/mol. The van der Waals surface area contributed by atoms with Gasteiger partial charge in [0, 0.05) is 0 Å². The molecule has 2 nitrogen and oxygen atoms in total. The van der Waals surface area contributed by atoms with Gasteiger partial charge in [0.25, 0.3) is 0 Å². The molecule has 0 aliphatic heterocycles. The van der Waals surface area contributed by atoms with Gasteiger partial charge in [0.05, 0.1) is 6.61 Å². The van der Waals surface area contributed by atoms with Gasteiger partial charge in [0.15, 0.2) is 0 Å². The van der Waals surface area contributed by atoms with Crippen molar-refractivity contribution in [3.8, 4) is 0 Å². The Balaban J connectivity index is 2.66. The molecule has 0 saturated carbocycles. The van der Waals surface area contributed by atoms with Gasteiger partial charge in [0.2, 0.25) is 0 Å². The van der Waals surface area contributed by atoms with Crippen molar-refractivity contribution in [2.75, 3.05) is 13.2 Å². The van der Waals surface area contributed by atoms with Crippen LogP contribution in [0.3, 0.4) is 0 Å². The van der Waals surface area contributed by atoms with Crippen LogP contribution in [0.15, 0.2) is 30.3 Å². The highest BCUT2D eigenvalue weighted by Crippen LogP contribution is 2.16. The van der Waals surface area contributed by atoms with Crippen molar-refractivity contribution in [2.45, 2.75) is 12.3 Å². The lowest BCUT2D eigenvalue weighted by atomic mass is 9.96. The van der Waals surface area contributed by atoms with Crippen molar-refractivity contribution in [1.29, 1.82) is 0 Å². The first kappa shape index (κ1) is 9.23. The molecule has 0 aliphatic rings. The summed E-state index contributed by atoms with van der Waals surface area (Å²) in [5.41, 5.74) is 6.73. The number of hydrogen-bond donors (Lipinski definition) is 1. The van der Waals surface area contributed by atoms with E-state index in [0.717, 1.165) is 0 Å². The Kier molecular flexibility index (Phi) is 3.77. The molecule has 0 aliphatic carbocycles. The quantitative estimate of drug-likeness (QED) is 0.721. The van der Waals surface area contributed by atoms with E-state index in [4.69, 9.17) is 5.73 Å². The molecule has 1 atom stereocenters. The Labute approximate surface area is 73.0 Å². The molecule has 0 saturated heterocycles. The smallest absolute Gasteiger partial charge is 0.0828 e. The highest BCUT2D eigenvalue weighted by Gasteiger charge is 2.07. The maximum Gasteiger partial charge on any atom is 0.0828 e. The summed E-state index contributed by atoms with van der Waals surface area (Å²) in [6.45, 7) is 0.517. The van der Waals surface area contributed by atoms with Crippen molar-refractivity contribution in [3.05, 3.63) is 35.9 Å². The molecule has 1 aromatic carbocycles. The van der Waals surface area contributed by atoms with Crippen molar-refractivity contribution in [2.24, 2.45) is 5.73 Å². The highest BCUT2D eigenvalue weighted by atomic mass is 16.3. The van der Waals surface area contributed by atoms with E-state index in [2.05, 4.69) is 0 Å². The van der Waals surface area contributed by atoms with Crippen LogP contribution in [0.25, 0.3) is 0 Å². The third kappa shape index (κ3) is 2.32. The summed E-state index contributed by atoms with van der Waals surface area (Å²) in [5.74, 6) is 0.240. The fraction of sp³-hybridized carbons (Fsp3) is 0.400. The number of hydrogen-bond acceptors (Lipinski definition) is 1. The zero-order valence-electron chi connectivity index (χ0n) is 7.07. The second-order valence-electron chi connectivity index (χ2n) is 2.84. The molecule has 65 valence electrons. The molecule has 0 amide bonds. The maximum atomic E-state index is 10.4. The fourth-order valence-electron chi connectivity index (χ4n) is 1.29. The maximum absolute atomic E-state index is 10.4. The molecular formula is C10H14NO. The van der Waals surface area contributed by atoms with Crippen LogP contribution in [0.2, 0.25) is 0 Å². The number of nitrogens with two attached hydrogens (primary N) is 1. The van der Waals surface area contributed by atoms with Gasteiger partial charge in [-0.05, 0) is 24.4 Å². The van der Waals surface area contributed by atoms with Crippen molar-refractivity contribution in [1.82, 2.24) is 0 Å². The highest BCUT2D eigenvalue weighted by molar-refractivity contribution is 5.19. The van der Waals surface area contributed by atoms with E-state index in [1.54, 1.807) is 0 Å². The van der Waals surface area contributed by atoms with E-state index in [1.807, 2.05) is 30.3 Å². The predicted octanol–water partition coefficient (Wildman–Crippen LogP) is 1.55. The molecule has 2 heteroatoms. The normalized spacial score (nSPS) is 12.8. The zero-order valence-corrected chi connectivity index (χ0v) is 7.07. The second-order valence-corrected chi connectivity index (χ2v) is 2.84. The van der Waals surface area contributed by atoms with E-state index in [9.17, 15) is 5.11 Å². The number of benzene rings is 1. The van der Waals surface area contributed by atoms with Gasteiger partial charge in [0.1, 0.15) is 0 Å². The van der Waals surface area contributed by atoms with Crippen LogP contribution in [0.5, 0.6) is 0 Å². The lowest BCUT2D eigenvalue weighted by Gasteiger charge is -2.12. The van der Waals surface area contributed by atoms with E-state index in [1.165, 1.54) is 5.56 Å². The Hall–Kier alpha value is -0.860. The third-order valence-electron chi connectivity index (χ3n) is 2.02. The molecule has 2 N–H and O–H groups in total. The zero-order chi connectivity index (χ0) is 8.81. The van der Waals surface area contributed by atoms with Crippen molar-refractivity contribution < 1.29 is 5.11 Å². The van der Waals surface area contributed by atoms with E-state index in [0.29, 0.717) is 13.0 Å². The van der Waals surface area contributed by atoms with Crippen LogP contribution in [-0.2, 0) is 5.11 Å². The predicted molar refractivity (Wildman–Crippen MR) is 48.4 cm³/mol. The largest absolute Gasteiger partial charge is 0.330 e. The van der Waals surface area contributed by atoms with Gasteiger partial charge in [-0.15, -0.1) is 0 Å². The van der Waals surface area contributed by atoms with Crippen LogP contribution in [-0.4, -0.2) is 13.2 Å². The SMILES string of the molecule is NCC(CC[O])c1ccccc1. The molecule has 1 unspecified atom stereocenters. The van der Waals surface area contributed by atoms with E-state index in [-0.39, 0.29) is 12.5 Å². The standard InChI is InChI=1S/C10H14NO/c11-8-10(6-7-12)9-4-2-1-3-5-9/h1-5,10H,6-8,11H2. The van der Waals surface area contributed by atoms with Crippen molar-refractivity contribution in [3.63, 3.8) is 0 Å². The van der Waals surface area contributed by atoms with E-state index < -0.39 is 0 Å². The van der Waals surface area contributed by atoms with Crippen LogP contribution < -0.4 is 5.73 Å². The molecule has 12 heavy (non-hydrogen) atoms. The molecule has 1 radical (unpaired) electrons. The minimum Gasteiger partial charge on any atom is -0.330 e. The van der Waals surface area contributed by atoms with Crippen LogP contribution >= 0.6 is 0 Å². The molecule has 0 aromatic heterocycles. The minimum absolute atomic E-state index is 0.0449. The van der Waals surface area contributed by atoms with Crippen LogP contribution in [0, 0.1) is 0 Å². The summed E-state index contributed by atoms with van der Waals surface area (Å²) in [4.78, 5) is 0. The Morgan fingerprint density at radius 1 is 1.25 bits per heavy atom. The minimum atomic E-state index is -0.0449.